The lowest BCUT2D eigenvalue weighted by Crippen LogP contribution is -2.51. The van der Waals surface area contributed by atoms with Crippen LogP contribution in [-0.2, 0) is 14.2 Å². The van der Waals surface area contributed by atoms with Gasteiger partial charge in [0.05, 0.1) is 39.1 Å². The van der Waals surface area contributed by atoms with E-state index in [9.17, 15) is 0 Å². The third-order valence-electron chi connectivity index (χ3n) is 11.6. The fraction of sp³-hybridized carbons (Fsp3) is 0.939. The fourth-order valence-electron chi connectivity index (χ4n) is 9.54. The van der Waals surface area contributed by atoms with Crippen LogP contribution < -0.4 is 0 Å². The summed E-state index contributed by atoms with van der Waals surface area (Å²) < 4.78 is 17.3. The Morgan fingerprint density at radius 2 is 1.72 bits per heavy atom. The Bertz CT molecular complexity index is 855. The molecule has 0 bridgehead atoms. The topological polar surface area (TPSA) is 76.5 Å². The first-order valence-electron chi connectivity index (χ1n) is 16.3. The fourth-order valence-corrected chi connectivity index (χ4v) is 9.54. The van der Waals surface area contributed by atoms with Crippen LogP contribution in [0.1, 0.15) is 105 Å². The predicted molar refractivity (Wildman–Crippen MR) is 158 cm³/mol. The highest BCUT2D eigenvalue weighted by atomic mass is 16.5. The van der Waals surface area contributed by atoms with Crippen molar-refractivity contribution in [2.75, 3.05) is 39.6 Å². The van der Waals surface area contributed by atoms with E-state index in [2.05, 4.69) is 50.7 Å². The number of nitrogens with zero attached hydrogens (tertiary/aromatic N) is 3. The molecule has 39 heavy (non-hydrogen) atoms. The summed E-state index contributed by atoms with van der Waals surface area (Å²) in [6.45, 7) is 15.8. The molecule has 0 aromatic heterocycles. The molecule has 0 amide bonds. The Kier molecular flexibility index (Phi) is 11.2. The molecular formula is C33H57N3O3. The van der Waals surface area contributed by atoms with Crippen molar-refractivity contribution in [2.24, 2.45) is 51.5 Å². The van der Waals surface area contributed by atoms with E-state index < -0.39 is 0 Å². The van der Waals surface area contributed by atoms with Crippen LogP contribution in [0.15, 0.2) is 16.8 Å². The van der Waals surface area contributed by atoms with Crippen LogP contribution in [0.25, 0.3) is 10.4 Å². The highest BCUT2D eigenvalue weighted by Gasteiger charge is 2.59. The number of hydrogen-bond donors (Lipinski definition) is 0. The van der Waals surface area contributed by atoms with Gasteiger partial charge in [-0.15, -0.1) is 0 Å². The first kappa shape index (κ1) is 30.9. The summed E-state index contributed by atoms with van der Waals surface area (Å²) in [6.07, 6.45) is 17.9. The van der Waals surface area contributed by atoms with Crippen molar-refractivity contribution in [1.82, 2.24) is 0 Å². The maximum absolute atomic E-state index is 8.26. The van der Waals surface area contributed by atoms with Crippen LogP contribution >= 0.6 is 0 Å². The van der Waals surface area contributed by atoms with Gasteiger partial charge < -0.3 is 14.2 Å². The SMILES string of the molecule is CC(C)CCC[C@@H](C)[C@H]1CCC2C3CC=C4CC(OCCOCCOCCN=[N+]=[N-])CC[C@]4(C)C3CC[C@@]21C. The van der Waals surface area contributed by atoms with Crippen molar-refractivity contribution >= 4 is 0 Å². The molecule has 3 fully saturated rings. The van der Waals surface area contributed by atoms with Crippen LogP contribution in [0, 0.1) is 46.3 Å². The Morgan fingerprint density at radius 3 is 2.49 bits per heavy atom. The van der Waals surface area contributed by atoms with Gasteiger partial charge in [0.2, 0.25) is 0 Å². The molecule has 0 heterocycles. The van der Waals surface area contributed by atoms with Gasteiger partial charge in [0.15, 0.2) is 0 Å². The van der Waals surface area contributed by atoms with E-state index in [0.717, 1.165) is 41.9 Å². The van der Waals surface area contributed by atoms with Crippen LogP contribution in [0.4, 0.5) is 0 Å². The summed E-state index contributed by atoms with van der Waals surface area (Å²) in [5.41, 5.74) is 10.9. The minimum Gasteiger partial charge on any atom is -0.379 e. The Hall–Kier alpha value is -1.07. The van der Waals surface area contributed by atoms with Gasteiger partial charge in [-0.2, -0.15) is 0 Å². The van der Waals surface area contributed by atoms with Crippen molar-refractivity contribution < 1.29 is 14.2 Å². The molecule has 3 saturated carbocycles. The molecule has 4 unspecified atom stereocenters. The number of allylic oxidation sites excluding steroid dienone is 1. The van der Waals surface area contributed by atoms with Gasteiger partial charge in [-0.25, -0.2) is 0 Å². The van der Waals surface area contributed by atoms with E-state index in [1.54, 1.807) is 5.57 Å². The maximum atomic E-state index is 8.26. The quantitative estimate of drug-likeness (QED) is 0.0681. The second-order valence-corrected chi connectivity index (χ2v) is 14.2. The average molecular weight is 544 g/mol. The standard InChI is InChI=1S/C33H57N3O3/c1-24(2)7-6-8-25(3)29-11-12-30-28-10-9-26-23-27(39-22-21-38-20-19-37-18-17-35-36-34)13-15-32(26,4)31(28)14-16-33(29,30)5/h9,24-25,27-31H,6-8,10-23H2,1-5H3/t25-,27?,28?,29-,30?,31?,32+,33-/m1/s1. The van der Waals surface area contributed by atoms with Gasteiger partial charge in [0, 0.05) is 11.5 Å². The first-order chi connectivity index (χ1) is 18.8. The highest BCUT2D eigenvalue weighted by Crippen LogP contribution is 2.67. The van der Waals surface area contributed by atoms with Crippen molar-refractivity contribution in [3.8, 4) is 0 Å². The van der Waals surface area contributed by atoms with Gasteiger partial charge in [-0.05, 0) is 103 Å². The summed E-state index contributed by atoms with van der Waals surface area (Å²) in [4.78, 5) is 2.72. The zero-order valence-corrected chi connectivity index (χ0v) is 25.7. The molecule has 0 aliphatic heterocycles. The Morgan fingerprint density at radius 1 is 0.949 bits per heavy atom. The van der Waals surface area contributed by atoms with Crippen LogP contribution in [-0.4, -0.2) is 45.7 Å². The molecular weight excluding hydrogens is 486 g/mol. The molecule has 222 valence electrons. The molecule has 0 spiro atoms. The number of fused-ring (bicyclic) bond motifs is 5. The minimum absolute atomic E-state index is 0.334. The van der Waals surface area contributed by atoms with E-state index in [-0.39, 0.29) is 0 Å². The molecule has 4 rings (SSSR count). The van der Waals surface area contributed by atoms with Crippen molar-refractivity contribution in [2.45, 2.75) is 111 Å². The molecule has 4 aliphatic rings. The summed E-state index contributed by atoms with van der Waals surface area (Å²) in [6, 6.07) is 0. The van der Waals surface area contributed by atoms with Crippen molar-refractivity contribution in [1.29, 1.82) is 0 Å². The Balaban J connectivity index is 1.24. The summed E-state index contributed by atoms with van der Waals surface area (Å²) >= 11 is 0. The van der Waals surface area contributed by atoms with Gasteiger partial charge >= 0.3 is 0 Å². The van der Waals surface area contributed by atoms with E-state index in [1.165, 1.54) is 64.2 Å². The zero-order valence-electron chi connectivity index (χ0n) is 25.7. The third kappa shape index (κ3) is 7.23. The molecule has 0 radical (unpaired) electrons. The van der Waals surface area contributed by atoms with Crippen molar-refractivity contribution in [3.63, 3.8) is 0 Å². The molecule has 0 N–H and O–H groups in total. The second kappa shape index (κ2) is 14.2. The predicted octanol–water partition coefficient (Wildman–Crippen LogP) is 8.76. The van der Waals surface area contributed by atoms with E-state index in [4.69, 9.17) is 19.7 Å². The van der Waals surface area contributed by atoms with Gasteiger partial charge in [-0.1, -0.05) is 70.6 Å². The van der Waals surface area contributed by atoms with Gasteiger partial charge in [0.25, 0.3) is 0 Å². The van der Waals surface area contributed by atoms with Crippen LogP contribution in [0.3, 0.4) is 0 Å². The second-order valence-electron chi connectivity index (χ2n) is 14.2. The molecule has 0 aromatic rings. The smallest absolute Gasteiger partial charge is 0.0704 e. The monoisotopic (exact) mass is 543 g/mol. The summed E-state index contributed by atoms with van der Waals surface area (Å²) in [5, 5.41) is 3.46. The maximum Gasteiger partial charge on any atom is 0.0704 e. The minimum atomic E-state index is 0.334. The zero-order chi connectivity index (χ0) is 27.9. The molecule has 0 saturated heterocycles. The van der Waals surface area contributed by atoms with E-state index in [0.29, 0.717) is 56.5 Å². The van der Waals surface area contributed by atoms with E-state index >= 15 is 0 Å². The number of ether oxygens (including phenoxy) is 3. The van der Waals surface area contributed by atoms with Crippen LogP contribution in [0.5, 0.6) is 0 Å². The lowest BCUT2D eigenvalue weighted by molar-refractivity contribution is -0.0688. The first-order valence-corrected chi connectivity index (χ1v) is 16.3. The van der Waals surface area contributed by atoms with Crippen molar-refractivity contribution in [3.05, 3.63) is 22.1 Å². The normalized spacial score (nSPS) is 36.5. The highest BCUT2D eigenvalue weighted by molar-refractivity contribution is 5.25. The molecule has 4 aliphatic carbocycles. The summed E-state index contributed by atoms with van der Waals surface area (Å²) in [7, 11) is 0. The lowest BCUT2D eigenvalue weighted by atomic mass is 9.47. The molecule has 6 nitrogen and oxygen atoms in total. The van der Waals surface area contributed by atoms with Crippen LogP contribution in [0.2, 0.25) is 0 Å². The molecule has 8 atom stereocenters. The molecule has 0 aromatic carbocycles. The lowest BCUT2D eigenvalue weighted by Gasteiger charge is -2.58. The number of azide groups is 1. The average Bonchev–Trinajstić information content (AvgIpc) is 3.27. The summed E-state index contributed by atoms with van der Waals surface area (Å²) in [5.74, 6) is 5.35. The third-order valence-corrected chi connectivity index (χ3v) is 11.6. The number of hydrogen-bond acceptors (Lipinski definition) is 4. The molecule has 6 heteroatoms. The van der Waals surface area contributed by atoms with E-state index in [1.807, 2.05) is 0 Å². The Labute approximate surface area is 238 Å². The van der Waals surface area contributed by atoms with Gasteiger partial charge in [-0.3, -0.25) is 0 Å². The number of rotatable bonds is 15. The largest absolute Gasteiger partial charge is 0.379 e. The van der Waals surface area contributed by atoms with Gasteiger partial charge in [0.1, 0.15) is 0 Å².